The molecule has 6 atom stereocenters. The van der Waals surface area contributed by atoms with Gasteiger partial charge in [0.1, 0.15) is 6.10 Å². The van der Waals surface area contributed by atoms with Gasteiger partial charge in [-0.2, -0.15) is 0 Å². The number of rotatable bonds is 1. The van der Waals surface area contributed by atoms with Crippen molar-refractivity contribution in [1.82, 2.24) is 0 Å². The SMILES string of the molecule is CC(=O)OC1CCC2C3=CCC4CCCCC4(C)C3CCC12C. The van der Waals surface area contributed by atoms with Crippen LogP contribution in [0.2, 0.25) is 0 Å². The standard InChI is InChI=1S/C21H32O2/c1-14(22)23-19-10-9-17-16-8-7-15-6-4-5-12-20(15,2)18(16)11-13-21(17,19)3/h8,15,17-19H,4-7,9-13H2,1-3H3. The Morgan fingerprint density at radius 2 is 1.83 bits per heavy atom. The van der Waals surface area contributed by atoms with Gasteiger partial charge in [0.25, 0.3) is 0 Å². The molecular formula is C21H32O2. The molecule has 0 aliphatic heterocycles. The van der Waals surface area contributed by atoms with Crippen molar-refractivity contribution >= 4 is 5.97 Å². The van der Waals surface area contributed by atoms with Gasteiger partial charge in [0.15, 0.2) is 0 Å². The first-order chi connectivity index (χ1) is 10.9. The smallest absolute Gasteiger partial charge is 0.302 e. The van der Waals surface area contributed by atoms with E-state index in [9.17, 15) is 4.79 Å². The molecule has 4 aliphatic carbocycles. The third-order valence-corrected chi connectivity index (χ3v) is 8.22. The van der Waals surface area contributed by atoms with Gasteiger partial charge in [-0.25, -0.2) is 0 Å². The van der Waals surface area contributed by atoms with Gasteiger partial charge in [0.05, 0.1) is 0 Å². The third kappa shape index (κ3) is 2.23. The van der Waals surface area contributed by atoms with Crippen LogP contribution in [0.1, 0.15) is 78.6 Å². The highest BCUT2D eigenvalue weighted by Gasteiger charge is 2.57. The molecule has 4 rings (SSSR count). The summed E-state index contributed by atoms with van der Waals surface area (Å²) < 4.78 is 5.73. The van der Waals surface area contributed by atoms with Crippen LogP contribution in [0.25, 0.3) is 0 Å². The molecule has 0 amide bonds. The summed E-state index contributed by atoms with van der Waals surface area (Å²) in [7, 11) is 0. The van der Waals surface area contributed by atoms with Crippen molar-refractivity contribution in [3.8, 4) is 0 Å². The molecular weight excluding hydrogens is 284 g/mol. The molecule has 0 radical (unpaired) electrons. The number of ether oxygens (including phenoxy) is 1. The zero-order valence-electron chi connectivity index (χ0n) is 15.1. The molecule has 6 unspecified atom stereocenters. The summed E-state index contributed by atoms with van der Waals surface area (Å²) in [5.41, 5.74) is 2.49. The fraction of sp³-hybridized carbons (Fsp3) is 0.857. The van der Waals surface area contributed by atoms with E-state index in [1.165, 1.54) is 51.4 Å². The number of fused-ring (bicyclic) bond motifs is 5. The van der Waals surface area contributed by atoms with E-state index in [1.807, 2.05) is 0 Å². The molecule has 0 aromatic heterocycles. The normalized spacial score (nSPS) is 48.7. The Labute approximate surface area is 141 Å². The first-order valence-corrected chi connectivity index (χ1v) is 9.82. The molecule has 0 saturated heterocycles. The summed E-state index contributed by atoms with van der Waals surface area (Å²) in [6.45, 7) is 6.55. The van der Waals surface area contributed by atoms with Gasteiger partial charge in [-0.3, -0.25) is 4.79 Å². The molecule has 0 bridgehead atoms. The molecule has 0 N–H and O–H groups in total. The van der Waals surface area contributed by atoms with Crippen LogP contribution in [-0.4, -0.2) is 12.1 Å². The Hall–Kier alpha value is -0.790. The minimum atomic E-state index is -0.101. The van der Waals surface area contributed by atoms with Gasteiger partial charge >= 0.3 is 5.97 Å². The monoisotopic (exact) mass is 316 g/mol. The van der Waals surface area contributed by atoms with Crippen LogP contribution in [0.5, 0.6) is 0 Å². The number of allylic oxidation sites excluding steroid dienone is 2. The van der Waals surface area contributed by atoms with Gasteiger partial charge in [0.2, 0.25) is 0 Å². The van der Waals surface area contributed by atoms with Crippen LogP contribution in [0.4, 0.5) is 0 Å². The molecule has 23 heavy (non-hydrogen) atoms. The largest absolute Gasteiger partial charge is 0.462 e. The summed E-state index contributed by atoms with van der Waals surface area (Å²) >= 11 is 0. The van der Waals surface area contributed by atoms with Gasteiger partial charge in [-0.15, -0.1) is 0 Å². The Morgan fingerprint density at radius 1 is 1.04 bits per heavy atom. The maximum Gasteiger partial charge on any atom is 0.302 e. The number of carbonyl (C=O) groups is 1. The van der Waals surface area contributed by atoms with E-state index in [0.29, 0.717) is 11.3 Å². The van der Waals surface area contributed by atoms with E-state index in [1.54, 1.807) is 12.5 Å². The maximum absolute atomic E-state index is 11.5. The Balaban J connectivity index is 1.64. The quantitative estimate of drug-likeness (QED) is 0.486. The Morgan fingerprint density at radius 3 is 2.61 bits per heavy atom. The Kier molecular flexibility index (Phi) is 3.66. The molecule has 0 aromatic rings. The van der Waals surface area contributed by atoms with Gasteiger partial charge < -0.3 is 4.74 Å². The Bertz CT molecular complexity index is 536. The van der Waals surface area contributed by atoms with E-state index < -0.39 is 0 Å². The number of esters is 1. The molecule has 0 aromatic carbocycles. The zero-order chi connectivity index (χ0) is 16.2. The van der Waals surface area contributed by atoms with Gasteiger partial charge in [-0.05, 0) is 68.1 Å². The van der Waals surface area contributed by atoms with Crippen LogP contribution in [0.15, 0.2) is 11.6 Å². The number of carbonyl (C=O) groups excluding carboxylic acids is 1. The lowest BCUT2D eigenvalue weighted by Crippen LogP contribution is -2.49. The molecule has 2 heteroatoms. The summed E-state index contributed by atoms with van der Waals surface area (Å²) in [6.07, 6.45) is 14.6. The van der Waals surface area contributed by atoms with Gasteiger partial charge in [-0.1, -0.05) is 38.3 Å². The highest BCUT2D eigenvalue weighted by molar-refractivity contribution is 5.66. The summed E-state index contributed by atoms with van der Waals surface area (Å²) in [4.78, 5) is 11.5. The predicted molar refractivity (Wildman–Crippen MR) is 91.9 cm³/mol. The second-order valence-electron chi connectivity index (χ2n) is 9.21. The second kappa shape index (κ2) is 5.36. The molecule has 3 fully saturated rings. The molecule has 3 saturated carbocycles. The lowest BCUT2D eigenvalue weighted by Gasteiger charge is -2.56. The number of hydrogen-bond donors (Lipinski definition) is 0. The fourth-order valence-electron chi connectivity index (χ4n) is 6.89. The van der Waals surface area contributed by atoms with E-state index in [-0.39, 0.29) is 17.5 Å². The lowest BCUT2D eigenvalue weighted by molar-refractivity contribution is -0.153. The predicted octanol–water partition coefficient (Wildman–Crippen LogP) is 5.27. The molecule has 2 nitrogen and oxygen atoms in total. The van der Waals surface area contributed by atoms with Crippen molar-refractivity contribution < 1.29 is 9.53 Å². The highest BCUT2D eigenvalue weighted by atomic mass is 16.5. The fourth-order valence-corrected chi connectivity index (χ4v) is 6.89. The number of hydrogen-bond acceptors (Lipinski definition) is 2. The second-order valence-corrected chi connectivity index (χ2v) is 9.21. The van der Waals surface area contributed by atoms with E-state index in [2.05, 4.69) is 19.9 Å². The lowest BCUT2D eigenvalue weighted by atomic mass is 9.49. The van der Waals surface area contributed by atoms with Crippen LogP contribution in [0, 0.1) is 28.6 Å². The summed E-state index contributed by atoms with van der Waals surface area (Å²) in [5, 5.41) is 0. The van der Waals surface area contributed by atoms with E-state index >= 15 is 0 Å². The average Bonchev–Trinajstić information content (AvgIpc) is 2.83. The summed E-state index contributed by atoms with van der Waals surface area (Å²) in [5.74, 6) is 2.27. The van der Waals surface area contributed by atoms with Crippen LogP contribution in [-0.2, 0) is 9.53 Å². The highest BCUT2D eigenvalue weighted by Crippen LogP contribution is 2.64. The van der Waals surface area contributed by atoms with Crippen molar-refractivity contribution in [2.24, 2.45) is 28.6 Å². The van der Waals surface area contributed by atoms with Crippen LogP contribution < -0.4 is 0 Å². The van der Waals surface area contributed by atoms with Gasteiger partial charge in [0, 0.05) is 12.3 Å². The van der Waals surface area contributed by atoms with Crippen molar-refractivity contribution in [3.05, 3.63) is 11.6 Å². The zero-order valence-corrected chi connectivity index (χ0v) is 15.1. The minimum absolute atomic E-state index is 0.101. The van der Waals surface area contributed by atoms with Crippen molar-refractivity contribution in [1.29, 1.82) is 0 Å². The van der Waals surface area contributed by atoms with Crippen LogP contribution >= 0.6 is 0 Å². The third-order valence-electron chi connectivity index (χ3n) is 8.22. The van der Waals surface area contributed by atoms with E-state index in [0.717, 1.165) is 18.3 Å². The topological polar surface area (TPSA) is 26.3 Å². The molecule has 4 aliphatic rings. The maximum atomic E-state index is 11.5. The summed E-state index contributed by atoms with van der Waals surface area (Å²) in [6, 6.07) is 0. The van der Waals surface area contributed by atoms with E-state index in [4.69, 9.17) is 4.74 Å². The molecule has 128 valence electrons. The molecule has 0 spiro atoms. The van der Waals surface area contributed by atoms with Crippen molar-refractivity contribution in [3.63, 3.8) is 0 Å². The first kappa shape index (κ1) is 15.7. The first-order valence-electron chi connectivity index (χ1n) is 9.82. The van der Waals surface area contributed by atoms with Crippen LogP contribution in [0.3, 0.4) is 0 Å². The van der Waals surface area contributed by atoms with Crippen molar-refractivity contribution in [2.75, 3.05) is 0 Å². The minimum Gasteiger partial charge on any atom is -0.462 e. The average molecular weight is 316 g/mol. The van der Waals surface area contributed by atoms with Crippen molar-refractivity contribution in [2.45, 2.75) is 84.7 Å². The molecule has 0 heterocycles.